The number of hydrogen-bond acceptors (Lipinski definition) is 6. The fraction of sp³-hybridized carbons (Fsp3) is 0.125. The van der Waals surface area contributed by atoms with E-state index in [4.69, 9.17) is 4.74 Å². The van der Waals surface area contributed by atoms with Crippen LogP contribution >= 0.6 is 11.3 Å². The molecule has 0 unspecified atom stereocenters. The van der Waals surface area contributed by atoms with Gasteiger partial charge in [0.1, 0.15) is 5.69 Å². The highest BCUT2D eigenvalue weighted by molar-refractivity contribution is 7.08. The van der Waals surface area contributed by atoms with Crippen molar-refractivity contribution in [2.45, 2.75) is 13.0 Å². The van der Waals surface area contributed by atoms with E-state index >= 15 is 0 Å². The van der Waals surface area contributed by atoms with Crippen LogP contribution in [-0.4, -0.2) is 22.9 Å². The minimum atomic E-state index is -1.09. The third kappa shape index (κ3) is 4.75. The van der Waals surface area contributed by atoms with E-state index in [1.165, 1.54) is 42.5 Å². The van der Waals surface area contributed by atoms with E-state index in [-0.39, 0.29) is 11.4 Å². The lowest BCUT2D eigenvalue weighted by Crippen LogP contribution is -2.29. The number of rotatable bonds is 6. The van der Waals surface area contributed by atoms with Crippen molar-refractivity contribution < 1.29 is 19.2 Å². The minimum absolute atomic E-state index is 0.0456. The van der Waals surface area contributed by atoms with Crippen LogP contribution in [0.3, 0.4) is 0 Å². The molecule has 0 saturated heterocycles. The van der Waals surface area contributed by atoms with Gasteiger partial charge >= 0.3 is 5.97 Å². The Balaban J connectivity index is 1.95. The molecule has 1 heterocycles. The molecule has 24 heavy (non-hydrogen) atoms. The van der Waals surface area contributed by atoms with Gasteiger partial charge in [-0.05, 0) is 41.5 Å². The summed E-state index contributed by atoms with van der Waals surface area (Å²) in [5.74, 6) is -1.33. The Morgan fingerprint density at radius 2 is 2.08 bits per heavy atom. The van der Waals surface area contributed by atoms with Crippen molar-refractivity contribution >= 4 is 40.7 Å². The van der Waals surface area contributed by atoms with Crippen molar-refractivity contribution in [2.75, 3.05) is 5.32 Å². The number of esters is 1. The zero-order valence-corrected chi connectivity index (χ0v) is 13.5. The highest BCUT2D eigenvalue weighted by Crippen LogP contribution is 2.23. The molecule has 1 aromatic heterocycles. The van der Waals surface area contributed by atoms with Crippen LogP contribution in [0.15, 0.2) is 47.2 Å². The lowest BCUT2D eigenvalue weighted by Gasteiger charge is -2.12. The summed E-state index contributed by atoms with van der Waals surface area (Å²) in [5, 5.41) is 17.0. The first-order chi connectivity index (χ1) is 11.5. The van der Waals surface area contributed by atoms with Crippen molar-refractivity contribution in [1.82, 2.24) is 0 Å². The molecule has 0 bridgehead atoms. The van der Waals surface area contributed by atoms with Gasteiger partial charge in [-0.2, -0.15) is 11.3 Å². The van der Waals surface area contributed by atoms with Crippen LogP contribution in [0.25, 0.3) is 6.08 Å². The van der Waals surface area contributed by atoms with Crippen LogP contribution in [0.5, 0.6) is 0 Å². The number of thiophene rings is 1. The van der Waals surface area contributed by atoms with Gasteiger partial charge in [0.2, 0.25) is 0 Å². The second-order valence-electron chi connectivity index (χ2n) is 4.73. The topological polar surface area (TPSA) is 98.5 Å². The number of para-hydroxylation sites is 2. The maximum absolute atomic E-state index is 12.0. The highest BCUT2D eigenvalue weighted by Gasteiger charge is 2.20. The molecule has 0 fully saturated rings. The average Bonchev–Trinajstić information content (AvgIpc) is 3.06. The molecule has 8 heteroatoms. The van der Waals surface area contributed by atoms with Gasteiger partial charge < -0.3 is 10.1 Å². The van der Waals surface area contributed by atoms with Crippen LogP contribution in [0, 0.1) is 10.1 Å². The van der Waals surface area contributed by atoms with Gasteiger partial charge in [-0.15, -0.1) is 0 Å². The molecular weight excluding hydrogens is 332 g/mol. The third-order valence-corrected chi connectivity index (χ3v) is 3.68. The molecular formula is C16H14N2O5S. The predicted molar refractivity (Wildman–Crippen MR) is 90.6 cm³/mol. The Bertz CT molecular complexity index is 771. The van der Waals surface area contributed by atoms with E-state index in [0.29, 0.717) is 0 Å². The van der Waals surface area contributed by atoms with Gasteiger partial charge in [0.25, 0.3) is 11.6 Å². The first-order valence-electron chi connectivity index (χ1n) is 6.92. The zero-order valence-electron chi connectivity index (χ0n) is 12.7. The largest absolute Gasteiger partial charge is 0.449 e. The van der Waals surface area contributed by atoms with E-state index in [0.717, 1.165) is 5.56 Å². The summed E-state index contributed by atoms with van der Waals surface area (Å²) in [6.07, 6.45) is 1.70. The summed E-state index contributed by atoms with van der Waals surface area (Å²) in [5.41, 5.74) is 0.667. The number of ether oxygens (including phenoxy) is 1. The minimum Gasteiger partial charge on any atom is -0.449 e. The van der Waals surface area contributed by atoms with Crippen molar-refractivity contribution in [3.8, 4) is 0 Å². The normalized spacial score (nSPS) is 11.9. The number of hydrogen-bond donors (Lipinski definition) is 1. The Hall–Kier alpha value is -3.00. The molecule has 0 aliphatic carbocycles. The summed E-state index contributed by atoms with van der Waals surface area (Å²) < 4.78 is 4.98. The van der Waals surface area contributed by atoms with Gasteiger partial charge in [0.05, 0.1) is 4.92 Å². The lowest BCUT2D eigenvalue weighted by atomic mass is 10.2. The Morgan fingerprint density at radius 3 is 2.75 bits per heavy atom. The molecule has 0 radical (unpaired) electrons. The molecule has 2 rings (SSSR count). The molecule has 1 atom stereocenters. The number of nitrogens with one attached hydrogen (secondary N) is 1. The second-order valence-corrected chi connectivity index (χ2v) is 5.51. The standard InChI is InChI=1S/C16H14N2O5S/c1-11(23-15(19)7-6-12-8-9-24-10-12)16(20)17-13-4-2-3-5-14(13)18(21)22/h2-11H,1H3,(H,17,20)/b7-6+/t11-/m1/s1. The monoisotopic (exact) mass is 346 g/mol. The number of nitro benzene ring substituents is 1. The van der Waals surface area contributed by atoms with Crippen LogP contribution in [0.2, 0.25) is 0 Å². The van der Waals surface area contributed by atoms with Gasteiger partial charge in [0, 0.05) is 12.1 Å². The fourth-order valence-electron chi connectivity index (χ4n) is 1.77. The zero-order chi connectivity index (χ0) is 17.5. The van der Waals surface area contributed by atoms with E-state index in [1.54, 1.807) is 12.1 Å². The molecule has 1 amide bonds. The number of nitrogens with zero attached hydrogens (tertiary/aromatic N) is 1. The molecule has 0 aliphatic rings. The predicted octanol–water partition coefficient (Wildman–Crippen LogP) is 3.24. The number of carbonyl (C=O) groups excluding carboxylic acids is 2. The van der Waals surface area contributed by atoms with E-state index in [2.05, 4.69) is 5.32 Å². The molecule has 2 aromatic rings. The molecule has 1 N–H and O–H groups in total. The molecule has 0 saturated carbocycles. The Kier molecular flexibility index (Phi) is 5.80. The van der Waals surface area contributed by atoms with Gasteiger partial charge in [-0.1, -0.05) is 12.1 Å². The lowest BCUT2D eigenvalue weighted by molar-refractivity contribution is -0.383. The summed E-state index contributed by atoms with van der Waals surface area (Å²) in [6.45, 7) is 1.39. The number of anilines is 1. The maximum Gasteiger partial charge on any atom is 0.331 e. The van der Waals surface area contributed by atoms with E-state index in [9.17, 15) is 19.7 Å². The summed E-state index contributed by atoms with van der Waals surface area (Å²) in [4.78, 5) is 34.0. The van der Waals surface area contributed by atoms with Crippen LogP contribution in [-0.2, 0) is 14.3 Å². The van der Waals surface area contributed by atoms with E-state index < -0.39 is 22.9 Å². The Morgan fingerprint density at radius 1 is 1.33 bits per heavy atom. The van der Waals surface area contributed by atoms with Crippen LogP contribution in [0.4, 0.5) is 11.4 Å². The van der Waals surface area contributed by atoms with Gasteiger partial charge in [-0.3, -0.25) is 14.9 Å². The molecule has 7 nitrogen and oxygen atoms in total. The van der Waals surface area contributed by atoms with Crippen molar-refractivity contribution in [1.29, 1.82) is 0 Å². The average molecular weight is 346 g/mol. The molecule has 0 spiro atoms. The van der Waals surface area contributed by atoms with Crippen molar-refractivity contribution in [3.05, 3.63) is 62.8 Å². The quantitative estimate of drug-likeness (QED) is 0.375. The van der Waals surface area contributed by atoms with Crippen molar-refractivity contribution in [3.63, 3.8) is 0 Å². The van der Waals surface area contributed by atoms with Crippen molar-refractivity contribution in [2.24, 2.45) is 0 Å². The SMILES string of the molecule is C[C@@H](OC(=O)/C=C/c1ccsc1)C(=O)Nc1ccccc1[N+](=O)[O-]. The molecule has 1 aromatic carbocycles. The highest BCUT2D eigenvalue weighted by atomic mass is 32.1. The van der Waals surface area contributed by atoms with Gasteiger partial charge in [0.15, 0.2) is 6.10 Å². The number of nitro groups is 1. The maximum atomic E-state index is 12.0. The molecule has 124 valence electrons. The van der Waals surface area contributed by atoms with Crippen LogP contribution < -0.4 is 5.32 Å². The molecule has 0 aliphatic heterocycles. The summed E-state index contributed by atoms with van der Waals surface area (Å²) in [7, 11) is 0. The number of carbonyl (C=O) groups is 2. The third-order valence-electron chi connectivity index (χ3n) is 2.98. The summed E-state index contributed by atoms with van der Waals surface area (Å²) in [6, 6.07) is 7.56. The smallest absolute Gasteiger partial charge is 0.331 e. The number of amides is 1. The first kappa shape index (κ1) is 17.4. The Labute approximate surface area is 141 Å². The second kappa shape index (κ2) is 8.02. The van der Waals surface area contributed by atoms with Crippen LogP contribution in [0.1, 0.15) is 12.5 Å². The first-order valence-corrected chi connectivity index (χ1v) is 7.87. The number of benzene rings is 1. The van der Waals surface area contributed by atoms with Gasteiger partial charge in [-0.25, -0.2) is 4.79 Å². The fourth-order valence-corrected chi connectivity index (χ4v) is 2.40. The van der Waals surface area contributed by atoms with E-state index in [1.807, 2.05) is 16.8 Å². The summed E-state index contributed by atoms with van der Waals surface area (Å²) >= 11 is 1.49.